The summed E-state index contributed by atoms with van der Waals surface area (Å²) < 4.78 is 4.99. The Labute approximate surface area is 152 Å². The van der Waals surface area contributed by atoms with E-state index in [0.29, 0.717) is 30.3 Å². The molecule has 0 aromatic heterocycles. The first kappa shape index (κ1) is 19.3. The van der Waals surface area contributed by atoms with Crippen molar-refractivity contribution in [3.63, 3.8) is 0 Å². The van der Waals surface area contributed by atoms with E-state index in [1.54, 1.807) is 0 Å². The lowest BCUT2D eigenvalue weighted by atomic mass is 9.75. The Balaban J connectivity index is 0.00000208. The third-order valence-corrected chi connectivity index (χ3v) is 6.27. The number of methoxy groups -OCH3 is 1. The number of rotatable bonds is 5. The smallest absolute Gasteiger partial charge is 0.305 e. The van der Waals surface area contributed by atoms with E-state index >= 15 is 0 Å². The van der Waals surface area contributed by atoms with Crippen LogP contribution in [0.3, 0.4) is 0 Å². The number of hydrogen-bond donors (Lipinski definition) is 0. The lowest BCUT2D eigenvalue weighted by Gasteiger charge is -2.43. The predicted octanol–water partition coefficient (Wildman–Crippen LogP) is 3.95. The van der Waals surface area contributed by atoms with Crippen LogP contribution in [0.4, 0.5) is 0 Å². The molecule has 2 heterocycles. The van der Waals surface area contributed by atoms with Crippen LogP contribution in [0.1, 0.15) is 38.2 Å². The zero-order chi connectivity index (χ0) is 16.4. The highest BCUT2D eigenvalue weighted by atomic mass is 35.5. The van der Waals surface area contributed by atoms with Crippen LogP contribution < -0.4 is 0 Å². The van der Waals surface area contributed by atoms with Gasteiger partial charge in [-0.2, -0.15) is 0 Å². The fourth-order valence-corrected chi connectivity index (χ4v) is 5.02. The van der Waals surface area contributed by atoms with Gasteiger partial charge in [0.2, 0.25) is 0 Å². The Hall–Kier alpha value is -1.06. The van der Waals surface area contributed by atoms with Gasteiger partial charge in [-0.15, -0.1) is 12.4 Å². The molecule has 2 saturated heterocycles. The molecule has 2 fully saturated rings. The van der Waals surface area contributed by atoms with E-state index in [-0.39, 0.29) is 18.4 Å². The quantitative estimate of drug-likeness (QED) is 0.752. The molecule has 5 atom stereocenters. The van der Waals surface area contributed by atoms with Crippen molar-refractivity contribution in [3.8, 4) is 0 Å². The van der Waals surface area contributed by atoms with Crippen molar-refractivity contribution < 1.29 is 9.53 Å². The summed E-state index contributed by atoms with van der Waals surface area (Å²) in [6.45, 7) is 2.31. The Kier molecular flexibility index (Phi) is 6.70. The summed E-state index contributed by atoms with van der Waals surface area (Å²) in [7, 11) is 3.77. The number of esters is 1. The van der Waals surface area contributed by atoms with Crippen LogP contribution in [-0.4, -0.2) is 37.1 Å². The molecule has 2 bridgehead atoms. The topological polar surface area (TPSA) is 29.5 Å². The molecule has 0 spiro atoms. The summed E-state index contributed by atoms with van der Waals surface area (Å²) in [5.74, 6) is 1.73. The molecule has 0 amide bonds. The molecular formula is C20H30ClNO2. The molecule has 3 nitrogen and oxygen atoms in total. The number of benzene rings is 1. The molecule has 0 radical (unpaired) electrons. The summed E-state index contributed by atoms with van der Waals surface area (Å²) in [6.07, 6.45) is 5.34. The van der Waals surface area contributed by atoms with Gasteiger partial charge in [0.05, 0.1) is 13.5 Å². The second-order valence-corrected chi connectivity index (χ2v) is 7.33. The molecule has 5 unspecified atom stereocenters. The molecule has 0 aliphatic carbocycles. The van der Waals surface area contributed by atoms with Crippen molar-refractivity contribution in [2.75, 3.05) is 14.2 Å². The van der Waals surface area contributed by atoms with Crippen LogP contribution in [0.2, 0.25) is 0 Å². The largest absolute Gasteiger partial charge is 0.469 e. The zero-order valence-corrected chi connectivity index (χ0v) is 15.8. The summed E-state index contributed by atoms with van der Waals surface area (Å²) in [5, 5.41) is 0. The van der Waals surface area contributed by atoms with Gasteiger partial charge in [0.15, 0.2) is 0 Å². The average molecular weight is 352 g/mol. The van der Waals surface area contributed by atoms with E-state index in [0.717, 1.165) is 12.3 Å². The molecule has 2 aliphatic heterocycles. The fraction of sp³-hybridized carbons (Fsp3) is 0.650. The van der Waals surface area contributed by atoms with Gasteiger partial charge in [0.1, 0.15) is 0 Å². The normalized spacial score (nSPS) is 32.2. The minimum Gasteiger partial charge on any atom is -0.469 e. The Morgan fingerprint density at radius 2 is 1.83 bits per heavy atom. The molecule has 1 aromatic rings. The number of hydrogen-bond acceptors (Lipinski definition) is 3. The van der Waals surface area contributed by atoms with Gasteiger partial charge in [-0.05, 0) is 49.6 Å². The van der Waals surface area contributed by atoms with Gasteiger partial charge in [-0.25, -0.2) is 0 Å². The number of ether oxygens (including phenoxy) is 1. The first-order valence-corrected chi connectivity index (χ1v) is 8.96. The summed E-state index contributed by atoms with van der Waals surface area (Å²) in [4.78, 5) is 14.5. The highest BCUT2D eigenvalue weighted by Gasteiger charge is 2.49. The van der Waals surface area contributed by atoms with E-state index in [2.05, 4.69) is 49.2 Å². The fourth-order valence-electron chi connectivity index (χ4n) is 5.02. The number of piperidine rings is 1. The summed E-state index contributed by atoms with van der Waals surface area (Å²) in [5.41, 5.74) is 1.39. The lowest BCUT2D eigenvalue weighted by molar-refractivity contribution is -0.143. The first-order chi connectivity index (χ1) is 11.1. The van der Waals surface area contributed by atoms with Gasteiger partial charge >= 0.3 is 5.97 Å². The third-order valence-electron chi connectivity index (χ3n) is 6.27. The van der Waals surface area contributed by atoms with Gasteiger partial charge in [0, 0.05) is 12.1 Å². The highest BCUT2D eigenvalue weighted by Crippen LogP contribution is 2.47. The molecule has 4 heteroatoms. The third kappa shape index (κ3) is 3.78. The summed E-state index contributed by atoms with van der Waals surface area (Å²) in [6, 6.07) is 12.0. The average Bonchev–Trinajstić information content (AvgIpc) is 2.79. The number of nitrogens with zero attached hydrogens (tertiary/aromatic N) is 1. The highest BCUT2D eigenvalue weighted by molar-refractivity contribution is 5.85. The second-order valence-electron chi connectivity index (χ2n) is 7.33. The van der Waals surface area contributed by atoms with E-state index in [1.165, 1.54) is 31.9 Å². The lowest BCUT2D eigenvalue weighted by Crippen LogP contribution is -2.48. The molecular weight excluding hydrogens is 322 g/mol. The van der Waals surface area contributed by atoms with Gasteiger partial charge in [-0.1, -0.05) is 43.7 Å². The SMILES string of the molecule is CCC1CC2C(CC(=O)OC)C(Cc3ccccc3)CC1N2C.Cl. The Morgan fingerprint density at radius 1 is 1.17 bits per heavy atom. The van der Waals surface area contributed by atoms with Crippen molar-refractivity contribution >= 4 is 18.4 Å². The predicted molar refractivity (Wildman–Crippen MR) is 99.4 cm³/mol. The van der Waals surface area contributed by atoms with Crippen LogP contribution in [0, 0.1) is 17.8 Å². The molecule has 0 N–H and O–H groups in total. The first-order valence-electron chi connectivity index (χ1n) is 8.96. The van der Waals surface area contributed by atoms with Crippen LogP contribution in [0.5, 0.6) is 0 Å². The van der Waals surface area contributed by atoms with Crippen LogP contribution >= 0.6 is 12.4 Å². The number of carbonyl (C=O) groups excluding carboxylic acids is 1. The van der Waals surface area contributed by atoms with E-state index in [1.807, 2.05) is 0 Å². The minimum absolute atomic E-state index is 0. The second kappa shape index (κ2) is 8.35. The maximum Gasteiger partial charge on any atom is 0.305 e. The zero-order valence-electron chi connectivity index (χ0n) is 15.0. The van der Waals surface area contributed by atoms with Gasteiger partial charge < -0.3 is 4.74 Å². The maximum absolute atomic E-state index is 12.0. The van der Waals surface area contributed by atoms with Crippen LogP contribution in [-0.2, 0) is 16.0 Å². The number of halogens is 1. The standard InChI is InChI=1S/C20H29NO2.ClH/c1-4-15-11-19-17(13-20(22)23-3)16(12-18(15)21(19)2)10-14-8-6-5-7-9-14;/h5-9,15-19H,4,10-13H2,1-3H3;1H. The molecule has 134 valence electrons. The Morgan fingerprint density at radius 3 is 2.46 bits per heavy atom. The minimum atomic E-state index is -0.0557. The number of fused-ring (bicyclic) bond motifs is 2. The van der Waals surface area contributed by atoms with Crippen molar-refractivity contribution in [1.82, 2.24) is 4.90 Å². The number of carbonyl (C=O) groups is 1. The van der Waals surface area contributed by atoms with Crippen LogP contribution in [0.15, 0.2) is 30.3 Å². The van der Waals surface area contributed by atoms with Gasteiger partial charge in [0.25, 0.3) is 0 Å². The van der Waals surface area contributed by atoms with E-state index < -0.39 is 0 Å². The summed E-state index contributed by atoms with van der Waals surface area (Å²) >= 11 is 0. The van der Waals surface area contributed by atoms with Crippen molar-refractivity contribution in [1.29, 1.82) is 0 Å². The molecule has 0 saturated carbocycles. The molecule has 2 aliphatic rings. The molecule has 24 heavy (non-hydrogen) atoms. The van der Waals surface area contributed by atoms with Gasteiger partial charge in [-0.3, -0.25) is 9.69 Å². The molecule has 3 rings (SSSR count). The van der Waals surface area contributed by atoms with E-state index in [4.69, 9.17) is 4.74 Å². The van der Waals surface area contributed by atoms with Crippen molar-refractivity contribution in [2.45, 2.75) is 51.1 Å². The monoisotopic (exact) mass is 351 g/mol. The maximum atomic E-state index is 12.0. The van der Waals surface area contributed by atoms with Crippen molar-refractivity contribution in [3.05, 3.63) is 35.9 Å². The van der Waals surface area contributed by atoms with Crippen LogP contribution in [0.25, 0.3) is 0 Å². The van der Waals surface area contributed by atoms with E-state index in [9.17, 15) is 4.79 Å². The molecule has 1 aromatic carbocycles. The van der Waals surface area contributed by atoms with Crippen molar-refractivity contribution in [2.24, 2.45) is 17.8 Å². The Bertz CT molecular complexity index is 536.